The van der Waals surface area contributed by atoms with Crippen LogP contribution in [-0.2, 0) is 6.61 Å². The second-order valence-electron chi connectivity index (χ2n) is 4.01. The highest BCUT2D eigenvalue weighted by atomic mass is 32.1. The average molecular weight is 288 g/mol. The number of benzene rings is 1. The molecule has 1 heterocycles. The summed E-state index contributed by atoms with van der Waals surface area (Å²) in [4.78, 5) is 2.11. The van der Waals surface area contributed by atoms with Gasteiger partial charge in [0, 0.05) is 11.3 Å². The SMILES string of the molecule is COc1ccc(OCc2ccc(C#CCCO)s2)cc1. The van der Waals surface area contributed by atoms with Crippen molar-refractivity contribution >= 4 is 11.3 Å². The van der Waals surface area contributed by atoms with Crippen molar-refractivity contribution < 1.29 is 14.6 Å². The van der Waals surface area contributed by atoms with Crippen LogP contribution in [0.15, 0.2) is 36.4 Å². The Kier molecular flexibility index (Phi) is 5.48. The van der Waals surface area contributed by atoms with Gasteiger partial charge in [-0.05, 0) is 36.4 Å². The molecule has 0 spiro atoms. The Bertz CT molecular complexity index is 590. The lowest BCUT2D eigenvalue weighted by Gasteiger charge is -2.05. The summed E-state index contributed by atoms with van der Waals surface area (Å²) in [5, 5.41) is 8.67. The zero-order chi connectivity index (χ0) is 14.2. The zero-order valence-electron chi connectivity index (χ0n) is 11.3. The molecule has 1 N–H and O–H groups in total. The van der Waals surface area contributed by atoms with Crippen LogP contribution in [0.3, 0.4) is 0 Å². The largest absolute Gasteiger partial charge is 0.497 e. The molecule has 0 radical (unpaired) electrons. The second kappa shape index (κ2) is 7.59. The van der Waals surface area contributed by atoms with E-state index in [9.17, 15) is 0 Å². The fraction of sp³-hybridized carbons (Fsp3) is 0.250. The number of aliphatic hydroxyl groups is 1. The minimum Gasteiger partial charge on any atom is -0.497 e. The van der Waals surface area contributed by atoms with E-state index in [4.69, 9.17) is 14.6 Å². The predicted octanol–water partition coefficient (Wildman–Crippen LogP) is 3.07. The second-order valence-corrected chi connectivity index (χ2v) is 5.17. The predicted molar refractivity (Wildman–Crippen MR) is 80.2 cm³/mol. The molecular weight excluding hydrogens is 272 g/mol. The first-order valence-corrected chi connectivity index (χ1v) is 7.09. The van der Waals surface area contributed by atoms with Gasteiger partial charge in [-0.2, -0.15) is 0 Å². The molecule has 0 atom stereocenters. The van der Waals surface area contributed by atoms with Crippen LogP contribution in [0.5, 0.6) is 11.5 Å². The van der Waals surface area contributed by atoms with E-state index in [0.29, 0.717) is 13.0 Å². The molecule has 2 rings (SSSR count). The van der Waals surface area contributed by atoms with Crippen molar-refractivity contribution in [3.8, 4) is 23.3 Å². The van der Waals surface area contributed by atoms with Crippen molar-refractivity contribution in [3.63, 3.8) is 0 Å². The van der Waals surface area contributed by atoms with Crippen molar-refractivity contribution in [2.45, 2.75) is 13.0 Å². The third-order valence-electron chi connectivity index (χ3n) is 2.55. The van der Waals surface area contributed by atoms with Crippen LogP contribution >= 0.6 is 11.3 Å². The van der Waals surface area contributed by atoms with Gasteiger partial charge in [0.2, 0.25) is 0 Å². The summed E-state index contributed by atoms with van der Waals surface area (Å²) >= 11 is 1.61. The number of rotatable bonds is 5. The van der Waals surface area contributed by atoms with Gasteiger partial charge in [-0.1, -0.05) is 11.8 Å². The topological polar surface area (TPSA) is 38.7 Å². The summed E-state index contributed by atoms with van der Waals surface area (Å²) in [7, 11) is 1.64. The maximum absolute atomic E-state index is 8.67. The fourth-order valence-electron chi connectivity index (χ4n) is 1.55. The van der Waals surface area contributed by atoms with E-state index in [1.807, 2.05) is 36.4 Å². The lowest BCUT2D eigenvalue weighted by atomic mass is 10.3. The number of hydrogen-bond donors (Lipinski definition) is 1. The Labute approximate surface area is 122 Å². The van der Waals surface area contributed by atoms with Crippen molar-refractivity contribution in [2.75, 3.05) is 13.7 Å². The van der Waals surface area contributed by atoms with Crippen LogP contribution in [0.25, 0.3) is 0 Å². The van der Waals surface area contributed by atoms with E-state index < -0.39 is 0 Å². The molecular formula is C16H16O3S. The van der Waals surface area contributed by atoms with Gasteiger partial charge in [0.1, 0.15) is 18.1 Å². The summed E-state index contributed by atoms with van der Waals surface area (Å²) in [6, 6.07) is 11.5. The third-order valence-corrected chi connectivity index (χ3v) is 3.52. The average Bonchev–Trinajstić information content (AvgIpc) is 2.94. The van der Waals surface area contributed by atoms with Crippen LogP contribution in [0.1, 0.15) is 16.2 Å². The Balaban J connectivity index is 1.89. The number of ether oxygens (including phenoxy) is 2. The van der Waals surface area contributed by atoms with Gasteiger partial charge >= 0.3 is 0 Å². The van der Waals surface area contributed by atoms with Crippen molar-refractivity contribution in [1.82, 2.24) is 0 Å². The summed E-state index contributed by atoms with van der Waals surface area (Å²) < 4.78 is 10.8. The van der Waals surface area contributed by atoms with Crippen molar-refractivity contribution in [3.05, 3.63) is 46.2 Å². The maximum Gasteiger partial charge on any atom is 0.122 e. The first-order valence-electron chi connectivity index (χ1n) is 6.27. The summed E-state index contributed by atoms with van der Waals surface area (Å²) in [5.74, 6) is 7.55. The molecule has 0 saturated heterocycles. The highest BCUT2D eigenvalue weighted by Crippen LogP contribution is 2.21. The summed E-state index contributed by atoms with van der Waals surface area (Å²) in [6.45, 7) is 0.629. The first-order chi connectivity index (χ1) is 9.81. The number of hydrogen-bond acceptors (Lipinski definition) is 4. The van der Waals surface area contributed by atoms with Crippen LogP contribution in [-0.4, -0.2) is 18.8 Å². The Morgan fingerprint density at radius 2 is 1.85 bits per heavy atom. The van der Waals surface area contributed by atoms with Gasteiger partial charge in [0.15, 0.2) is 0 Å². The van der Waals surface area contributed by atoms with Crippen molar-refractivity contribution in [2.24, 2.45) is 0 Å². The van der Waals surface area contributed by atoms with E-state index in [2.05, 4.69) is 11.8 Å². The van der Waals surface area contributed by atoms with E-state index >= 15 is 0 Å². The molecule has 4 heteroatoms. The van der Waals surface area contributed by atoms with E-state index in [1.54, 1.807) is 18.4 Å². The van der Waals surface area contributed by atoms with Crippen LogP contribution in [0.4, 0.5) is 0 Å². The third kappa shape index (κ3) is 4.30. The Morgan fingerprint density at radius 3 is 2.55 bits per heavy atom. The Hall–Kier alpha value is -1.96. The maximum atomic E-state index is 8.67. The van der Waals surface area contributed by atoms with Gasteiger partial charge in [0.05, 0.1) is 18.6 Å². The van der Waals surface area contributed by atoms with E-state index in [0.717, 1.165) is 21.3 Å². The minimum atomic E-state index is 0.103. The number of methoxy groups -OCH3 is 1. The molecule has 1 aromatic carbocycles. The molecule has 0 fully saturated rings. The standard InChI is InChI=1S/C16H16O3S/c1-18-13-5-7-14(8-6-13)19-12-16-10-9-15(20-16)4-2-3-11-17/h5-10,17H,3,11-12H2,1H3. The van der Waals surface area contributed by atoms with Crippen molar-refractivity contribution in [1.29, 1.82) is 0 Å². The molecule has 0 aliphatic rings. The van der Waals surface area contributed by atoms with Crippen LogP contribution < -0.4 is 9.47 Å². The molecule has 0 bridgehead atoms. The molecule has 0 aliphatic heterocycles. The monoisotopic (exact) mass is 288 g/mol. The smallest absolute Gasteiger partial charge is 0.122 e. The number of thiophene rings is 1. The molecule has 2 aromatic rings. The van der Waals surface area contributed by atoms with E-state index in [-0.39, 0.29) is 6.61 Å². The molecule has 20 heavy (non-hydrogen) atoms. The highest BCUT2D eigenvalue weighted by molar-refractivity contribution is 7.12. The molecule has 0 saturated carbocycles. The van der Waals surface area contributed by atoms with E-state index in [1.165, 1.54) is 0 Å². The molecule has 1 aromatic heterocycles. The lowest BCUT2D eigenvalue weighted by molar-refractivity contribution is 0.305. The molecule has 3 nitrogen and oxygen atoms in total. The van der Waals surface area contributed by atoms with Crippen LogP contribution in [0.2, 0.25) is 0 Å². The fourth-order valence-corrected chi connectivity index (χ4v) is 2.35. The van der Waals surface area contributed by atoms with Gasteiger partial charge in [-0.25, -0.2) is 0 Å². The van der Waals surface area contributed by atoms with Gasteiger partial charge in [0.25, 0.3) is 0 Å². The summed E-state index contributed by atoms with van der Waals surface area (Å²) in [5.41, 5.74) is 0. The quantitative estimate of drug-likeness (QED) is 0.859. The molecule has 0 aliphatic carbocycles. The first kappa shape index (κ1) is 14.4. The molecule has 0 unspecified atom stereocenters. The number of aliphatic hydroxyl groups excluding tert-OH is 1. The molecule has 104 valence electrons. The minimum absolute atomic E-state index is 0.103. The van der Waals surface area contributed by atoms with Gasteiger partial charge in [-0.3, -0.25) is 0 Å². The van der Waals surface area contributed by atoms with Gasteiger partial charge in [-0.15, -0.1) is 11.3 Å². The normalized spacial score (nSPS) is 9.70. The Morgan fingerprint density at radius 1 is 1.10 bits per heavy atom. The summed E-state index contributed by atoms with van der Waals surface area (Å²) in [6.07, 6.45) is 0.510. The molecule has 0 amide bonds. The van der Waals surface area contributed by atoms with Gasteiger partial charge < -0.3 is 14.6 Å². The van der Waals surface area contributed by atoms with Crippen LogP contribution in [0, 0.1) is 11.8 Å². The lowest BCUT2D eigenvalue weighted by Crippen LogP contribution is -1.92. The zero-order valence-corrected chi connectivity index (χ0v) is 12.1. The highest BCUT2D eigenvalue weighted by Gasteiger charge is 2.00.